The van der Waals surface area contributed by atoms with Gasteiger partial charge >= 0.3 is 0 Å². The van der Waals surface area contributed by atoms with Crippen LogP contribution in [0.3, 0.4) is 0 Å². The van der Waals surface area contributed by atoms with Gasteiger partial charge in [-0.2, -0.15) is 0 Å². The predicted octanol–water partition coefficient (Wildman–Crippen LogP) is 4.89. The molecule has 0 N–H and O–H groups in total. The fraction of sp³-hybridized carbons (Fsp3) is 0.391. The van der Waals surface area contributed by atoms with Crippen LogP contribution in [0.2, 0.25) is 0 Å². The quantitative estimate of drug-likeness (QED) is 0.694. The highest BCUT2D eigenvalue weighted by Crippen LogP contribution is 2.38. The number of benzene rings is 1. The minimum absolute atomic E-state index is 0.195. The summed E-state index contributed by atoms with van der Waals surface area (Å²) in [5, 5.41) is 1.95. The van der Waals surface area contributed by atoms with E-state index in [0.29, 0.717) is 28.8 Å². The van der Waals surface area contributed by atoms with Crippen LogP contribution >= 0.6 is 11.3 Å². The molecule has 1 aromatic carbocycles. The van der Waals surface area contributed by atoms with Crippen LogP contribution in [-0.2, 0) is 9.59 Å². The van der Waals surface area contributed by atoms with Gasteiger partial charge in [0.05, 0.1) is 11.3 Å². The molecular formula is C23H26N2O2S. The molecule has 1 fully saturated rings. The zero-order valence-electron chi connectivity index (χ0n) is 16.6. The van der Waals surface area contributed by atoms with E-state index >= 15 is 0 Å². The first-order valence-electron chi connectivity index (χ1n) is 9.99. The lowest BCUT2D eigenvalue weighted by molar-refractivity contribution is -0.120. The number of imide groups is 1. The van der Waals surface area contributed by atoms with Crippen LogP contribution in [-0.4, -0.2) is 29.8 Å². The number of likely N-dealkylation sites (tertiary alicyclic amines) is 1. The number of carbonyl (C=O) groups is 2. The van der Waals surface area contributed by atoms with Crippen LogP contribution in [0.4, 0.5) is 5.69 Å². The molecule has 2 aliphatic heterocycles. The maximum absolute atomic E-state index is 13.5. The van der Waals surface area contributed by atoms with Gasteiger partial charge in [-0.1, -0.05) is 39.0 Å². The third-order valence-electron chi connectivity index (χ3n) is 5.62. The van der Waals surface area contributed by atoms with Crippen molar-refractivity contribution < 1.29 is 9.59 Å². The second-order valence-electron chi connectivity index (χ2n) is 8.09. The molecule has 4 nitrogen and oxygen atoms in total. The molecule has 2 aromatic rings. The summed E-state index contributed by atoms with van der Waals surface area (Å²) in [4.78, 5) is 31.2. The zero-order valence-corrected chi connectivity index (χ0v) is 17.5. The molecule has 2 amide bonds. The van der Waals surface area contributed by atoms with Crippen molar-refractivity contribution in [1.29, 1.82) is 0 Å². The van der Waals surface area contributed by atoms with Crippen molar-refractivity contribution in [3.8, 4) is 0 Å². The number of carbonyl (C=O) groups excluding carboxylic acids is 2. The Morgan fingerprint density at radius 2 is 1.82 bits per heavy atom. The molecule has 0 saturated carbocycles. The van der Waals surface area contributed by atoms with Crippen LogP contribution < -0.4 is 4.90 Å². The third kappa shape index (κ3) is 3.28. The van der Waals surface area contributed by atoms with Crippen molar-refractivity contribution in [2.45, 2.75) is 39.5 Å². The van der Waals surface area contributed by atoms with Crippen molar-refractivity contribution in [2.75, 3.05) is 18.0 Å². The number of hydrogen-bond donors (Lipinski definition) is 0. The minimum atomic E-state index is -0.210. The summed E-state index contributed by atoms with van der Waals surface area (Å²) < 4.78 is 0. The molecule has 4 rings (SSSR count). The van der Waals surface area contributed by atoms with E-state index in [2.05, 4.69) is 25.7 Å². The molecule has 1 atom stereocenters. The molecule has 0 bridgehead atoms. The number of anilines is 1. The maximum Gasteiger partial charge on any atom is 0.282 e. The van der Waals surface area contributed by atoms with Gasteiger partial charge in [0.1, 0.15) is 5.70 Å². The summed E-state index contributed by atoms with van der Waals surface area (Å²) in [5.74, 6) is 0.523. The molecule has 1 saturated heterocycles. The van der Waals surface area contributed by atoms with Gasteiger partial charge < -0.3 is 4.90 Å². The summed E-state index contributed by atoms with van der Waals surface area (Å²) in [6.07, 6.45) is 2.22. The molecule has 1 unspecified atom stereocenters. The standard InChI is InChI=1S/C23H26N2O2S/c1-15(2)17-8-10-18(11-9-17)25-22(26)20(19-7-5-13-28-19)21(23(25)27)24-12-4-6-16(3)14-24/h5,7-11,13,15-16H,4,6,12,14H2,1-3H3. The van der Waals surface area contributed by atoms with E-state index in [1.165, 1.54) is 28.2 Å². The number of piperidine rings is 1. The zero-order chi connectivity index (χ0) is 19.8. The Hall–Kier alpha value is -2.40. The molecule has 2 aliphatic rings. The predicted molar refractivity (Wildman–Crippen MR) is 114 cm³/mol. The van der Waals surface area contributed by atoms with Gasteiger partial charge in [0.25, 0.3) is 11.8 Å². The van der Waals surface area contributed by atoms with E-state index in [4.69, 9.17) is 0 Å². The van der Waals surface area contributed by atoms with Crippen LogP contribution in [0.15, 0.2) is 47.5 Å². The van der Waals surface area contributed by atoms with Crippen molar-refractivity contribution in [3.63, 3.8) is 0 Å². The van der Waals surface area contributed by atoms with Crippen LogP contribution in [0, 0.1) is 5.92 Å². The molecule has 1 aromatic heterocycles. The first-order chi connectivity index (χ1) is 13.5. The van der Waals surface area contributed by atoms with Crippen LogP contribution in [0.1, 0.15) is 50.0 Å². The molecule has 3 heterocycles. The monoisotopic (exact) mass is 394 g/mol. The first-order valence-corrected chi connectivity index (χ1v) is 10.9. The van der Waals surface area contributed by atoms with Crippen molar-refractivity contribution in [1.82, 2.24) is 4.90 Å². The van der Waals surface area contributed by atoms with Gasteiger partial charge in [-0.25, -0.2) is 4.90 Å². The van der Waals surface area contributed by atoms with E-state index in [1.54, 1.807) is 0 Å². The number of thiophene rings is 1. The highest BCUT2D eigenvalue weighted by molar-refractivity contribution is 7.11. The highest BCUT2D eigenvalue weighted by atomic mass is 32.1. The summed E-state index contributed by atoms with van der Waals surface area (Å²) in [5.41, 5.74) is 2.97. The number of hydrogen-bond acceptors (Lipinski definition) is 4. The Kier molecular flexibility index (Phi) is 5.11. The lowest BCUT2D eigenvalue weighted by atomic mass is 9.99. The van der Waals surface area contributed by atoms with Gasteiger partial charge in [-0.3, -0.25) is 9.59 Å². The lowest BCUT2D eigenvalue weighted by Gasteiger charge is -2.33. The van der Waals surface area contributed by atoms with Crippen molar-refractivity contribution >= 4 is 34.4 Å². The second-order valence-corrected chi connectivity index (χ2v) is 9.03. The topological polar surface area (TPSA) is 40.6 Å². The van der Waals surface area contributed by atoms with E-state index in [-0.39, 0.29) is 11.8 Å². The Morgan fingerprint density at radius 1 is 1.07 bits per heavy atom. The largest absolute Gasteiger partial charge is 0.366 e. The lowest BCUT2D eigenvalue weighted by Crippen LogP contribution is -2.39. The normalized spacial score (nSPS) is 20.6. The smallest absolute Gasteiger partial charge is 0.282 e. The third-order valence-corrected chi connectivity index (χ3v) is 6.51. The fourth-order valence-electron chi connectivity index (χ4n) is 4.09. The van der Waals surface area contributed by atoms with E-state index in [9.17, 15) is 9.59 Å². The average molecular weight is 395 g/mol. The molecule has 146 valence electrons. The summed E-state index contributed by atoms with van der Waals surface area (Å²) in [6.45, 7) is 8.12. The Balaban J connectivity index is 1.75. The summed E-state index contributed by atoms with van der Waals surface area (Å²) >= 11 is 1.51. The highest BCUT2D eigenvalue weighted by Gasteiger charge is 2.43. The Labute approximate surface area is 170 Å². The molecule has 5 heteroatoms. The minimum Gasteiger partial charge on any atom is -0.366 e. The average Bonchev–Trinajstić information content (AvgIpc) is 3.28. The van der Waals surface area contributed by atoms with Gasteiger partial charge in [0.2, 0.25) is 0 Å². The number of nitrogens with zero attached hydrogens (tertiary/aromatic N) is 2. The maximum atomic E-state index is 13.5. The van der Waals surface area contributed by atoms with E-state index < -0.39 is 0 Å². The van der Waals surface area contributed by atoms with E-state index in [1.807, 2.05) is 41.8 Å². The molecule has 0 radical (unpaired) electrons. The summed E-state index contributed by atoms with van der Waals surface area (Å²) in [6, 6.07) is 11.7. The van der Waals surface area contributed by atoms with Gasteiger partial charge in [-0.15, -0.1) is 11.3 Å². The van der Waals surface area contributed by atoms with E-state index in [0.717, 1.165) is 24.4 Å². The van der Waals surface area contributed by atoms with Crippen molar-refractivity contribution in [3.05, 3.63) is 57.9 Å². The fourth-order valence-corrected chi connectivity index (χ4v) is 4.85. The first kappa shape index (κ1) is 18.9. The van der Waals surface area contributed by atoms with Crippen molar-refractivity contribution in [2.24, 2.45) is 5.92 Å². The molecule has 28 heavy (non-hydrogen) atoms. The van der Waals surface area contributed by atoms with Gasteiger partial charge in [0, 0.05) is 18.0 Å². The van der Waals surface area contributed by atoms with Gasteiger partial charge in [-0.05, 0) is 53.8 Å². The Bertz CT molecular complexity index is 913. The molecule has 0 spiro atoms. The SMILES string of the molecule is CC1CCCN(C2=C(c3cccs3)C(=O)N(c3ccc(C(C)C)cc3)C2=O)C1. The number of rotatable bonds is 4. The molecular weight excluding hydrogens is 368 g/mol. The number of amides is 2. The van der Waals surface area contributed by atoms with Gasteiger partial charge in [0.15, 0.2) is 0 Å². The van der Waals surface area contributed by atoms with Crippen LogP contribution in [0.5, 0.6) is 0 Å². The second kappa shape index (κ2) is 7.55. The summed E-state index contributed by atoms with van der Waals surface area (Å²) in [7, 11) is 0. The van der Waals surface area contributed by atoms with Crippen LogP contribution in [0.25, 0.3) is 5.57 Å². The Morgan fingerprint density at radius 3 is 2.43 bits per heavy atom. The molecule has 0 aliphatic carbocycles.